The van der Waals surface area contributed by atoms with E-state index in [0.717, 1.165) is 31.5 Å². The first kappa shape index (κ1) is 18.4. The van der Waals surface area contributed by atoms with Crippen LogP contribution in [0.25, 0.3) is 0 Å². The molecule has 2 aromatic carbocycles. The molecule has 2 aromatic rings. The third kappa shape index (κ3) is 4.06. The molecule has 1 heterocycles. The summed E-state index contributed by atoms with van der Waals surface area (Å²) >= 11 is 0. The molecule has 0 radical (unpaired) electrons. The summed E-state index contributed by atoms with van der Waals surface area (Å²) in [4.78, 5) is 11.6. The predicted molar refractivity (Wildman–Crippen MR) is 102 cm³/mol. The van der Waals surface area contributed by atoms with Crippen LogP contribution in [0.2, 0.25) is 0 Å². The first-order valence-electron chi connectivity index (χ1n) is 9.01. The largest absolute Gasteiger partial charge is 0.465 e. The van der Waals surface area contributed by atoms with Crippen LogP contribution < -0.4 is 5.01 Å². The number of methoxy groups -OCH3 is 1. The molecule has 5 heteroatoms. The van der Waals surface area contributed by atoms with Gasteiger partial charge in [-0.05, 0) is 49.1 Å². The van der Waals surface area contributed by atoms with Crippen molar-refractivity contribution in [1.82, 2.24) is 5.01 Å². The number of nitrogens with zero attached hydrogens (tertiary/aromatic N) is 2. The normalized spacial score (nSPS) is 20.1. The van der Waals surface area contributed by atoms with Gasteiger partial charge in [0.1, 0.15) is 0 Å². The summed E-state index contributed by atoms with van der Waals surface area (Å²) in [5.41, 5.74) is 2.81. The van der Waals surface area contributed by atoms with Crippen molar-refractivity contribution in [3.8, 4) is 0 Å². The molecule has 2 atom stereocenters. The van der Waals surface area contributed by atoms with Crippen molar-refractivity contribution in [1.29, 1.82) is 0 Å². The summed E-state index contributed by atoms with van der Waals surface area (Å²) in [5.74, 6) is -0.337. The van der Waals surface area contributed by atoms with E-state index in [1.165, 1.54) is 12.7 Å². The standard InChI is InChI=1S/C21H26N2O3/c1-22(18-11-9-17(10-12-18)21(25)26-2)23-15-14-20(24)19(23)13-8-16-6-4-3-5-7-16/h3-7,9-12,19-20,24H,8,13-15H2,1-2H3. The number of hydrogen-bond donors (Lipinski definition) is 1. The fourth-order valence-corrected chi connectivity index (χ4v) is 3.57. The zero-order valence-corrected chi connectivity index (χ0v) is 15.3. The van der Waals surface area contributed by atoms with E-state index in [0.29, 0.717) is 5.56 Å². The first-order valence-corrected chi connectivity index (χ1v) is 9.01. The number of benzene rings is 2. The second-order valence-corrected chi connectivity index (χ2v) is 6.67. The van der Waals surface area contributed by atoms with Gasteiger partial charge in [0.15, 0.2) is 0 Å². The number of carbonyl (C=O) groups is 1. The number of rotatable bonds is 6. The minimum absolute atomic E-state index is 0.0838. The van der Waals surface area contributed by atoms with Gasteiger partial charge >= 0.3 is 5.97 Å². The fourth-order valence-electron chi connectivity index (χ4n) is 3.57. The Morgan fingerprint density at radius 2 is 1.88 bits per heavy atom. The molecule has 0 aliphatic carbocycles. The Labute approximate surface area is 154 Å². The second-order valence-electron chi connectivity index (χ2n) is 6.67. The Morgan fingerprint density at radius 3 is 2.54 bits per heavy atom. The van der Waals surface area contributed by atoms with Gasteiger partial charge in [0.25, 0.3) is 0 Å². The topological polar surface area (TPSA) is 53.0 Å². The lowest BCUT2D eigenvalue weighted by Crippen LogP contribution is -2.46. The van der Waals surface area contributed by atoms with Crippen LogP contribution in [-0.2, 0) is 11.2 Å². The zero-order chi connectivity index (χ0) is 18.5. The average Bonchev–Trinajstić information content (AvgIpc) is 3.06. The van der Waals surface area contributed by atoms with Crippen LogP contribution in [0.15, 0.2) is 54.6 Å². The summed E-state index contributed by atoms with van der Waals surface area (Å²) < 4.78 is 4.75. The van der Waals surface area contributed by atoms with E-state index in [4.69, 9.17) is 4.74 Å². The molecule has 1 aliphatic heterocycles. The van der Waals surface area contributed by atoms with Gasteiger partial charge in [-0.1, -0.05) is 30.3 Å². The lowest BCUT2D eigenvalue weighted by molar-refractivity contribution is 0.0600. The third-order valence-electron chi connectivity index (χ3n) is 5.10. The number of aryl methyl sites for hydroxylation is 1. The summed E-state index contributed by atoms with van der Waals surface area (Å²) in [6.45, 7) is 0.815. The van der Waals surface area contributed by atoms with Gasteiger partial charge in [-0.15, -0.1) is 0 Å². The Hall–Kier alpha value is -2.37. The Balaban J connectivity index is 1.68. The van der Waals surface area contributed by atoms with E-state index in [1.54, 1.807) is 12.1 Å². The molecule has 0 saturated carbocycles. The number of aliphatic hydroxyl groups is 1. The highest BCUT2D eigenvalue weighted by atomic mass is 16.5. The van der Waals surface area contributed by atoms with Gasteiger partial charge in [-0.25, -0.2) is 9.80 Å². The molecule has 2 unspecified atom stereocenters. The van der Waals surface area contributed by atoms with E-state index in [-0.39, 0.29) is 18.1 Å². The molecular weight excluding hydrogens is 328 g/mol. The van der Waals surface area contributed by atoms with E-state index >= 15 is 0 Å². The minimum Gasteiger partial charge on any atom is -0.465 e. The molecule has 138 valence electrons. The SMILES string of the molecule is COC(=O)c1ccc(N(C)N2CCC(O)C2CCc2ccccc2)cc1. The van der Waals surface area contributed by atoms with Crippen LogP contribution in [0.1, 0.15) is 28.8 Å². The first-order chi connectivity index (χ1) is 12.6. The van der Waals surface area contributed by atoms with Gasteiger partial charge in [0.05, 0.1) is 30.5 Å². The lowest BCUT2D eigenvalue weighted by atomic mass is 10.0. The Bertz CT molecular complexity index is 718. The van der Waals surface area contributed by atoms with Crippen molar-refractivity contribution >= 4 is 11.7 Å². The number of hydrogen-bond acceptors (Lipinski definition) is 5. The highest BCUT2D eigenvalue weighted by molar-refractivity contribution is 5.89. The fraction of sp³-hybridized carbons (Fsp3) is 0.381. The molecule has 26 heavy (non-hydrogen) atoms. The maximum atomic E-state index is 11.6. The van der Waals surface area contributed by atoms with Crippen molar-refractivity contribution in [3.05, 3.63) is 65.7 Å². The van der Waals surface area contributed by atoms with Crippen molar-refractivity contribution < 1.29 is 14.6 Å². The predicted octanol–water partition coefficient (Wildman–Crippen LogP) is 2.89. The number of hydrazine groups is 1. The van der Waals surface area contributed by atoms with Gasteiger partial charge < -0.3 is 14.9 Å². The lowest BCUT2D eigenvalue weighted by Gasteiger charge is -2.35. The van der Waals surface area contributed by atoms with Crippen LogP contribution in [0.3, 0.4) is 0 Å². The zero-order valence-electron chi connectivity index (χ0n) is 15.3. The average molecular weight is 354 g/mol. The molecule has 1 fully saturated rings. The molecule has 0 amide bonds. The molecule has 3 rings (SSSR count). The van der Waals surface area contributed by atoms with Crippen molar-refractivity contribution in [2.45, 2.75) is 31.4 Å². The summed E-state index contributed by atoms with van der Waals surface area (Å²) in [5, 5.41) is 14.8. The van der Waals surface area contributed by atoms with Gasteiger partial charge in [-0.2, -0.15) is 0 Å². The molecule has 0 bridgehead atoms. The maximum Gasteiger partial charge on any atom is 0.337 e. The summed E-state index contributed by atoms with van der Waals surface area (Å²) in [6.07, 6.45) is 2.28. The highest BCUT2D eigenvalue weighted by Crippen LogP contribution is 2.27. The molecule has 5 nitrogen and oxygen atoms in total. The molecule has 1 N–H and O–H groups in total. The van der Waals surface area contributed by atoms with Gasteiger partial charge in [-0.3, -0.25) is 0 Å². The third-order valence-corrected chi connectivity index (χ3v) is 5.10. The molecule has 0 aromatic heterocycles. The van der Waals surface area contributed by atoms with E-state index in [1.807, 2.05) is 37.4 Å². The van der Waals surface area contributed by atoms with E-state index < -0.39 is 0 Å². The quantitative estimate of drug-likeness (QED) is 0.809. The van der Waals surface area contributed by atoms with Crippen molar-refractivity contribution in [2.75, 3.05) is 25.7 Å². The van der Waals surface area contributed by atoms with Crippen molar-refractivity contribution in [3.63, 3.8) is 0 Å². The molecule has 0 spiro atoms. The number of esters is 1. The monoisotopic (exact) mass is 354 g/mol. The Morgan fingerprint density at radius 1 is 1.19 bits per heavy atom. The van der Waals surface area contributed by atoms with Crippen LogP contribution in [-0.4, -0.2) is 48.9 Å². The molecule has 1 saturated heterocycles. The maximum absolute atomic E-state index is 11.6. The highest BCUT2D eigenvalue weighted by Gasteiger charge is 2.35. The smallest absolute Gasteiger partial charge is 0.337 e. The summed E-state index contributed by atoms with van der Waals surface area (Å²) in [6, 6.07) is 17.8. The molecule has 1 aliphatic rings. The number of aliphatic hydroxyl groups excluding tert-OH is 1. The van der Waals surface area contributed by atoms with Gasteiger partial charge in [0.2, 0.25) is 0 Å². The number of ether oxygens (including phenoxy) is 1. The van der Waals surface area contributed by atoms with Crippen LogP contribution in [0.4, 0.5) is 5.69 Å². The molecular formula is C21H26N2O3. The van der Waals surface area contributed by atoms with Crippen LogP contribution >= 0.6 is 0 Å². The van der Waals surface area contributed by atoms with Crippen molar-refractivity contribution in [2.24, 2.45) is 0 Å². The second kappa shape index (κ2) is 8.34. The van der Waals surface area contributed by atoms with E-state index in [2.05, 4.69) is 22.2 Å². The van der Waals surface area contributed by atoms with E-state index in [9.17, 15) is 9.90 Å². The summed E-state index contributed by atoms with van der Waals surface area (Å²) in [7, 11) is 3.38. The Kier molecular flexibility index (Phi) is 5.91. The van der Waals surface area contributed by atoms with Gasteiger partial charge in [0, 0.05) is 13.6 Å². The van der Waals surface area contributed by atoms with Crippen LogP contribution in [0.5, 0.6) is 0 Å². The van der Waals surface area contributed by atoms with Crippen LogP contribution in [0, 0.1) is 0 Å². The minimum atomic E-state index is -0.337. The number of anilines is 1. The number of carbonyl (C=O) groups excluding carboxylic acids is 1.